The highest BCUT2D eigenvalue weighted by atomic mass is 32.2. The summed E-state index contributed by atoms with van der Waals surface area (Å²) in [6.07, 6.45) is 3.38. The second-order valence-corrected chi connectivity index (χ2v) is 31.9. The second-order valence-electron chi connectivity index (χ2n) is 30.3. The van der Waals surface area contributed by atoms with Gasteiger partial charge in [-0.15, -0.1) is 0 Å². The summed E-state index contributed by atoms with van der Waals surface area (Å²) < 4.78 is 139. The van der Waals surface area contributed by atoms with Gasteiger partial charge in [0, 0.05) is 101 Å². The summed E-state index contributed by atoms with van der Waals surface area (Å²) in [5, 5.41) is 41.7. The molecule has 640 valence electrons. The van der Waals surface area contributed by atoms with Gasteiger partial charge in [-0.05, 0) is 152 Å². The number of amides is 3. The van der Waals surface area contributed by atoms with Crippen molar-refractivity contribution in [2.75, 3.05) is 0 Å². The quantitative estimate of drug-likeness (QED) is 0.0293. The highest BCUT2D eigenvalue weighted by Gasteiger charge is 2.51. The Morgan fingerprint density at radius 3 is 1.09 bits per heavy atom. The minimum absolute atomic E-state index is 0.0448. The number of halogens is 6. The number of fused-ring (bicyclic) bond motifs is 6. The van der Waals surface area contributed by atoms with Crippen LogP contribution in [0.2, 0.25) is 0 Å². The average Bonchev–Trinajstić information content (AvgIpc) is 1.61. The summed E-state index contributed by atoms with van der Waals surface area (Å²) in [6.45, 7) is 11.7. The maximum absolute atomic E-state index is 14.4. The van der Waals surface area contributed by atoms with Gasteiger partial charge in [0.25, 0.3) is 17.7 Å². The molecule has 16 aromatic rings. The molecular weight excluding hydrogens is 1660 g/mol. The minimum atomic E-state index is -6.12. The van der Waals surface area contributed by atoms with Crippen molar-refractivity contribution in [3.63, 3.8) is 0 Å². The maximum Gasteiger partial charge on any atom is 0.534 e. The number of aromatic hydroxyl groups is 1. The molecule has 0 saturated heterocycles. The zero-order valence-electron chi connectivity index (χ0n) is 68.7. The van der Waals surface area contributed by atoms with Crippen LogP contribution in [0.3, 0.4) is 0 Å². The lowest BCUT2D eigenvalue weighted by Gasteiger charge is -2.23. The van der Waals surface area contributed by atoms with Crippen LogP contribution in [0, 0.1) is 59.0 Å². The minimum Gasteiger partial charge on any atom is -0.505 e. The molecule has 0 radical (unpaired) electrons. The third-order valence-corrected chi connectivity index (χ3v) is 23.0. The summed E-state index contributed by atoms with van der Waals surface area (Å²) in [4.78, 5) is 59.8. The Hall–Kier alpha value is -14.8. The number of aryl methyl sites for hydroxylation is 6. The molecule has 3 N–H and O–H groups in total. The number of ether oxygens (including phenoxy) is 2. The van der Waals surface area contributed by atoms with Gasteiger partial charge in [-0.3, -0.25) is 29.3 Å². The van der Waals surface area contributed by atoms with E-state index >= 15 is 0 Å². The molecule has 23 nitrogen and oxygen atoms in total. The molecule has 0 fully saturated rings. The first kappa shape index (κ1) is 85.7. The van der Waals surface area contributed by atoms with E-state index in [2.05, 4.69) is 30.0 Å². The van der Waals surface area contributed by atoms with E-state index in [1.807, 2.05) is 167 Å². The summed E-state index contributed by atoms with van der Waals surface area (Å²) in [5.41, 5.74) is 8.29. The van der Waals surface area contributed by atoms with Crippen molar-refractivity contribution in [3.05, 3.63) is 373 Å². The van der Waals surface area contributed by atoms with Crippen LogP contribution >= 0.6 is 0 Å². The lowest BCUT2D eigenvalue weighted by atomic mass is 9.79. The zero-order valence-corrected chi connectivity index (χ0v) is 69.5. The number of phenols is 1. The molecule has 0 atom stereocenters. The Balaban J connectivity index is 0.000000134. The number of aromatic nitrogens is 6. The van der Waals surface area contributed by atoms with Gasteiger partial charge in [0.1, 0.15) is 63.5 Å². The van der Waals surface area contributed by atoms with Crippen molar-refractivity contribution in [1.82, 2.24) is 45.1 Å². The van der Waals surface area contributed by atoms with Crippen molar-refractivity contribution in [2.45, 2.75) is 98.5 Å². The van der Waals surface area contributed by atoms with E-state index in [-0.39, 0.29) is 75.6 Å². The number of carbonyl (C=O) groups excluding carboxylic acids is 3. The van der Waals surface area contributed by atoms with Gasteiger partial charge >= 0.3 is 22.7 Å². The van der Waals surface area contributed by atoms with Crippen LogP contribution in [0.1, 0.15) is 133 Å². The monoisotopic (exact) mass is 1740 g/mol. The van der Waals surface area contributed by atoms with Gasteiger partial charge in [0.2, 0.25) is 0 Å². The number of phenolic OH excluding ortho intramolecular Hbond substituents is 1. The molecule has 0 saturated carbocycles. The Bertz CT molecular complexity index is 6820. The molecule has 19 rings (SSSR count). The summed E-state index contributed by atoms with van der Waals surface area (Å²) in [7, 11) is -7.60. The second kappa shape index (κ2) is 35.8. The SMILES string of the molecule is Cc1noc(C)c1-c1c2c(c(O)c3ncccc13)C(=O)N(Cc1ccc(F)cc1)C2.Cc1noc(C)c1-c1c2c(c(OC(c3ccccc3)c3ccccc3)c3ncccc13)C(=O)N(Cc1ccc(F)cc1)C2.Cc1noc(C)c1B(O)O.O=C1c2c(c(OS(=O)(=O)C(F)(F)F)c3cccnc3c2OC(c2ccccc2)c2ccccc2)CN1Cc1ccc(F)cc1. The molecule has 3 aliphatic rings. The van der Waals surface area contributed by atoms with E-state index in [1.54, 1.807) is 66.4 Å². The first-order valence-electron chi connectivity index (χ1n) is 39.9. The lowest BCUT2D eigenvalue weighted by Crippen LogP contribution is -2.32. The van der Waals surface area contributed by atoms with Crippen LogP contribution in [-0.2, 0) is 49.4 Å². The number of hydrogen-bond donors (Lipinski definition) is 3. The Kier molecular flexibility index (Phi) is 24.2. The smallest absolute Gasteiger partial charge is 0.505 e. The van der Waals surface area contributed by atoms with E-state index in [9.17, 15) is 54.3 Å². The van der Waals surface area contributed by atoms with Crippen LogP contribution in [-0.4, -0.2) is 99.0 Å². The Morgan fingerprint density at radius 1 is 0.402 bits per heavy atom. The van der Waals surface area contributed by atoms with Crippen molar-refractivity contribution in [1.29, 1.82) is 0 Å². The lowest BCUT2D eigenvalue weighted by molar-refractivity contribution is -0.0500. The standard InChI is InChI=1S/C36H28FN3O3.C32H22F4N2O5S.C23H18FN3O3.C5H8BNO3/c1-22-30(23(2)43-39-22)31-28-14-9-19-38-33(28)35(42-34(25-10-5-3-6-11-25)26-12-7-4-8-13-26)32-29(31)21-40(36(32)41)20-24-15-17-27(37)18-16-24;33-23-15-13-20(14-16-23)18-38-19-25-26(31(38)39)30(42-28(21-8-3-1-4-9-21)22-10-5-2-6-11-22)27-24(12-7-17-37-27)29(25)43-44(40,41)32(34,35)36;1-12-18(13(2)30-26-12)19-16-4-3-9-25-21(16)22(28)20-17(19)11-27(23(20)29)10-14-5-7-15(24)8-6-14;1-3-5(6(8)9)4(2)10-7-3/h3-19,34H,20-21H2,1-2H3;1-17,28H,18-19H2;3-9,28H,10-11H2,1-2H3;8-9H,1-2H3. The van der Waals surface area contributed by atoms with Gasteiger partial charge < -0.3 is 57.1 Å². The first-order chi connectivity index (χ1) is 61.1. The number of pyridine rings is 3. The molecule has 0 aliphatic carbocycles. The number of hydrogen-bond acceptors (Lipinski definition) is 20. The van der Waals surface area contributed by atoms with Gasteiger partial charge in [-0.1, -0.05) is 185 Å². The average molecular weight is 1740 g/mol. The summed E-state index contributed by atoms with van der Waals surface area (Å²) >= 11 is 0. The molecule has 6 aromatic heterocycles. The van der Waals surface area contributed by atoms with Gasteiger partial charge in [0.15, 0.2) is 23.0 Å². The van der Waals surface area contributed by atoms with E-state index in [0.717, 1.165) is 72.1 Å². The molecule has 0 bridgehead atoms. The Labute approximate surface area is 722 Å². The normalized spacial score (nSPS) is 12.9. The van der Waals surface area contributed by atoms with Crippen molar-refractivity contribution >= 4 is 73.1 Å². The molecule has 9 heterocycles. The molecule has 127 heavy (non-hydrogen) atoms. The highest BCUT2D eigenvalue weighted by molar-refractivity contribution is 7.88. The third kappa shape index (κ3) is 17.3. The maximum atomic E-state index is 14.4. The number of alkyl halides is 3. The predicted molar refractivity (Wildman–Crippen MR) is 459 cm³/mol. The number of nitrogens with zero attached hydrogens (tertiary/aromatic N) is 9. The molecule has 3 aliphatic heterocycles. The van der Waals surface area contributed by atoms with Crippen LogP contribution in [0.25, 0.3) is 55.0 Å². The largest absolute Gasteiger partial charge is 0.534 e. The Morgan fingerprint density at radius 2 is 0.732 bits per heavy atom. The van der Waals surface area contributed by atoms with Crippen LogP contribution in [0.4, 0.5) is 26.3 Å². The van der Waals surface area contributed by atoms with Crippen LogP contribution in [0.15, 0.2) is 263 Å². The molecular formula is C96H76BF6N9O14S. The van der Waals surface area contributed by atoms with Gasteiger partial charge in [-0.25, -0.2) is 13.2 Å². The molecule has 0 spiro atoms. The van der Waals surface area contributed by atoms with E-state index in [1.165, 1.54) is 71.8 Å². The fourth-order valence-electron chi connectivity index (χ4n) is 16.2. The summed E-state index contributed by atoms with van der Waals surface area (Å²) in [6, 6.07) is 66.1. The van der Waals surface area contributed by atoms with Crippen LogP contribution < -0.4 is 19.1 Å². The number of benzene rings is 10. The van der Waals surface area contributed by atoms with Crippen molar-refractivity contribution in [3.8, 4) is 45.3 Å². The fourth-order valence-corrected chi connectivity index (χ4v) is 16.7. The topological polar surface area (TPSA) is 300 Å². The first-order valence-corrected chi connectivity index (χ1v) is 41.3. The zero-order chi connectivity index (χ0) is 89.3. The van der Waals surface area contributed by atoms with E-state index < -0.39 is 52.4 Å². The van der Waals surface area contributed by atoms with Crippen molar-refractivity contribution < 1.29 is 91.5 Å². The molecule has 0 unspecified atom stereocenters. The van der Waals surface area contributed by atoms with Gasteiger partial charge in [0.05, 0.1) is 40.3 Å². The highest BCUT2D eigenvalue weighted by Crippen LogP contribution is 2.52. The number of carbonyl (C=O) groups is 3. The van der Waals surface area contributed by atoms with Crippen LogP contribution in [0.5, 0.6) is 23.0 Å². The van der Waals surface area contributed by atoms with E-state index in [0.29, 0.717) is 99.3 Å². The van der Waals surface area contributed by atoms with E-state index in [4.69, 9.17) is 37.7 Å². The fraction of sp³-hybridized carbons (Fsp3) is 0.156. The predicted octanol–water partition coefficient (Wildman–Crippen LogP) is 18.4. The molecule has 10 aromatic carbocycles. The van der Waals surface area contributed by atoms with Gasteiger partial charge in [-0.2, -0.15) is 21.6 Å². The summed E-state index contributed by atoms with van der Waals surface area (Å²) in [5.74, 6) is -0.894. The molecule has 31 heteroatoms. The number of rotatable bonds is 19. The molecule has 3 amide bonds. The third-order valence-electron chi connectivity index (χ3n) is 22.0. The van der Waals surface area contributed by atoms with Crippen molar-refractivity contribution in [2.24, 2.45) is 0 Å².